The van der Waals surface area contributed by atoms with Crippen molar-refractivity contribution in [2.45, 2.75) is 6.54 Å². The first kappa shape index (κ1) is 24.7. The summed E-state index contributed by atoms with van der Waals surface area (Å²) >= 11 is 13.7. The summed E-state index contributed by atoms with van der Waals surface area (Å²) in [5.41, 5.74) is 3.56. The van der Waals surface area contributed by atoms with E-state index in [1.165, 1.54) is 17.4 Å². The average molecular weight is 541 g/mol. The van der Waals surface area contributed by atoms with Crippen molar-refractivity contribution in [3.05, 3.63) is 99.1 Å². The zero-order chi connectivity index (χ0) is 25.1. The molecule has 1 aliphatic heterocycles. The minimum absolute atomic E-state index is 0.0280. The van der Waals surface area contributed by atoms with Crippen LogP contribution >= 0.6 is 34.5 Å². The molecule has 5 nitrogen and oxygen atoms in total. The number of benzene rings is 3. The van der Waals surface area contributed by atoms with Crippen LogP contribution in [0.1, 0.15) is 15.9 Å². The van der Waals surface area contributed by atoms with E-state index in [1.54, 1.807) is 30.3 Å². The van der Waals surface area contributed by atoms with Gasteiger partial charge in [0.2, 0.25) is 0 Å². The molecule has 2 heterocycles. The van der Waals surface area contributed by atoms with Gasteiger partial charge in [0.05, 0.1) is 28.0 Å². The molecule has 4 aromatic rings. The second kappa shape index (κ2) is 11.0. The van der Waals surface area contributed by atoms with E-state index >= 15 is 0 Å². The molecule has 0 aliphatic carbocycles. The lowest BCUT2D eigenvalue weighted by Gasteiger charge is -2.27. The Morgan fingerprint density at radius 1 is 1.03 bits per heavy atom. The van der Waals surface area contributed by atoms with Gasteiger partial charge in [-0.3, -0.25) is 4.79 Å². The van der Waals surface area contributed by atoms with Crippen molar-refractivity contribution >= 4 is 51.3 Å². The number of piperazine rings is 1. The van der Waals surface area contributed by atoms with Crippen LogP contribution in [0.5, 0.6) is 0 Å². The minimum Gasteiger partial charge on any atom is -0.336 e. The minimum atomic E-state index is -0.339. The molecule has 184 valence electrons. The topological polar surface area (TPSA) is 48.5 Å². The molecule has 1 N–H and O–H groups in total. The zero-order valence-electron chi connectivity index (χ0n) is 19.3. The standard InChI is InChI=1S/C27H23Cl2FN4OS/c28-21-10-9-20(15-22(21)29)24-17-36-27(32-24)34(25-4-2-1-3-23(25)30)16-18-5-7-19(8-6-18)26(35)33-13-11-31-12-14-33/h1-10,15,17,31H,11-14,16H2. The Morgan fingerprint density at radius 3 is 2.50 bits per heavy atom. The highest BCUT2D eigenvalue weighted by Crippen LogP contribution is 2.36. The summed E-state index contributed by atoms with van der Waals surface area (Å²) in [6.07, 6.45) is 0. The van der Waals surface area contributed by atoms with Gasteiger partial charge in [0.15, 0.2) is 5.13 Å². The van der Waals surface area contributed by atoms with Crippen LogP contribution < -0.4 is 10.2 Å². The Balaban J connectivity index is 1.42. The number of carbonyl (C=O) groups is 1. The highest BCUT2D eigenvalue weighted by Gasteiger charge is 2.20. The number of para-hydroxylation sites is 1. The Bertz CT molecular complexity index is 1370. The number of hydrogen-bond acceptors (Lipinski definition) is 5. The summed E-state index contributed by atoms with van der Waals surface area (Å²) in [6, 6.07) is 19.5. The molecule has 36 heavy (non-hydrogen) atoms. The van der Waals surface area contributed by atoms with Crippen LogP contribution in [0.3, 0.4) is 0 Å². The first-order valence-corrected chi connectivity index (χ1v) is 13.1. The molecule has 0 radical (unpaired) electrons. The predicted octanol–water partition coefficient (Wildman–Crippen LogP) is 6.64. The van der Waals surface area contributed by atoms with Gasteiger partial charge in [0, 0.05) is 42.7 Å². The molecule has 1 fully saturated rings. The van der Waals surface area contributed by atoms with Gasteiger partial charge >= 0.3 is 0 Å². The number of carbonyl (C=O) groups excluding carboxylic acids is 1. The van der Waals surface area contributed by atoms with Crippen LogP contribution in [0.4, 0.5) is 15.2 Å². The van der Waals surface area contributed by atoms with Gasteiger partial charge in [-0.25, -0.2) is 9.37 Å². The van der Waals surface area contributed by atoms with Gasteiger partial charge < -0.3 is 15.1 Å². The lowest BCUT2D eigenvalue weighted by molar-refractivity contribution is 0.0736. The van der Waals surface area contributed by atoms with E-state index in [-0.39, 0.29) is 11.7 Å². The molecule has 1 amide bonds. The summed E-state index contributed by atoms with van der Waals surface area (Å²) < 4.78 is 14.9. The summed E-state index contributed by atoms with van der Waals surface area (Å²) in [4.78, 5) is 21.3. The van der Waals surface area contributed by atoms with Crippen molar-refractivity contribution in [2.24, 2.45) is 0 Å². The number of aromatic nitrogens is 1. The van der Waals surface area contributed by atoms with E-state index in [4.69, 9.17) is 28.2 Å². The van der Waals surface area contributed by atoms with Gasteiger partial charge in [-0.2, -0.15) is 0 Å². The monoisotopic (exact) mass is 540 g/mol. The SMILES string of the molecule is O=C(c1ccc(CN(c2nc(-c3ccc(Cl)c(Cl)c3)cs2)c2ccccc2F)cc1)N1CCNCC1. The zero-order valence-corrected chi connectivity index (χ0v) is 21.6. The van der Waals surface area contributed by atoms with E-state index in [9.17, 15) is 9.18 Å². The molecule has 3 aromatic carbocycles. The normalized spacial score (nSPS) is 13.6. The molecule has 1 aromatic heterocycles. The fourth-order valence-corrected chi connectivity index (χ4v) is 5.23. The molecule has 0 saturated carbocycles. The molecule has 0 bridgehead atoms. The lowest BCUT2D eigenvalue weighted by Crippen LogP contribution is -2.46. The largest absolute Gasteiger partial charge is 0.336 e. The smallest absolute Gasteiger partial charge is 0.253 e. The van der Waals surface area contributed by atoms with E-state index < -0.39 is 0 Å². The fraction of sp³-hybridized carbons (Fsp3) is 0.185. The molecular weight excluding hydrogens is 518 g/mol. The lowest BCUT2D eigenvalue weighted by atomic mass is 10.1. The molecule has 0 atom stereocenters. The number of rotatable bonds is 6. The fourth-order valence-electron chi connectivity index (χ4n) is 4.09. The van der Waals surface area contributed by atoms with Crippen LogP contribution in [0.25, 0.3) is 11.3 Å². The van der Waals surface area contributed by atoms with Crippen molar-refractivity contribution in [3.8, 4) is 11.3 Å². The van der Waals surface area contributed by atoms with Crippen molar-refractivity contribution in [2.75, 3.05) is 31.1 Å². The highest BCUT2D eigenvalue weighted by molar-refractivity contribution is 7.14. The van der Waals surface area contributed by atoms with Crippen LogP contribution in [0, 0.1) is 5.82 Å². The molecule has 0 unspecified atom stereocenters. The third kappa shape index (κ3) is 5.39. The number of nitrogens with one attached hydrogen (secondary N) is 1. The number of anilines is 2. The Labute approximate surface area is 223 Å². The number of amides is 1. The Morgan fingerprint density at radius 2 is 1.78 bits per heavy atom. The number of halogens is 3. The summed E-state index contributed by atoms with van der Waals surface area (Å²) in [5, 5.41) is 6.74. The Kier molecular flexibility index (Phi) is 7.53. The third-order valence-electron chi connectivity index (χ3n) is 6.03. The average Bonchev–Trinajstić information content (AvgIpc) is 3.40. The maximum atomic E-state index is 14.9. The third-order valence-corrected chi connectivity index (χ3v) is 7.63. The first-order chi connectivity index (χ1) is 17.5. The highest BCUT2D eigenvalue weighted by atomic mass is 35.5. The summed E-state index contributed by atoms with van der Waals surface area (Å²) in [5.74, 6) is -0.311. The molecule has 1 aliphatic rings. The second-order valence-corrected chi connectivity index (χ2v) is 10.1. The molecule has 1 saturated heterocycles. The van der Waals surface area contributed by atoms with E-state index in [1.807, 2.05) is 45.5 Å². The molecule has 9 heteroatoms. The van der Waals surface area contributed by atoms with Gasteiger partial charge in [0.25, 0.3) is 5.91 Å². The summed E-state index contributed by atoms with van der Waals surface area (Å²) in [7, 11) is 0. The Hall–Kier alpha value is -2.97. The van der Waals surface area contributed by atoms with Crippen LogP contribution in [-0.2, 0) is 6.54 Å². The quantitative estimate of drug-likeness (QED) is 0.297. The number of nitrogens with zero attached hydrogens (tertiary/aromatic N) is 3. The predicted molar refractivity (Wildman–Crippen MR) is 145 cm³/mol. The van der Waals surface area contributed by atoms with Crippen molar-refractivity contribution in [3.63, 3.8) is 0 Å². The van der Waals surface area contributed by atoms with Crippen molar-refractivity contribution in [1.82, 2.24) is 15.2 Å². The first-order valence-electron chi connectivity index (χ1n) is 11.5. The summed E-state index contributed by atoms with van der Waals surface area (Å²) in [6.45, 7) is 3.40. The number of thiazole rings is 1. The van der Waals surface area contributed by atoms with Gasteiger partial charge in [-0.1, -0.05) is 53.5 Å². The van der Waals surface area contributed by atoms with Crippen molar-refractivity contribution < 1.29 is 9.18 Å². The van der Waals surface area contributed by atoms with Crippen LogP contribution in [0.2, 0.25) is 10.0 Å². The maximum Gasteiger partial charge on any atom is 0.253 e. The van der Waals surface area contributed by atoms with E-state index in [0.717, 1.165) is 29.9 Å². The van der Waals surface area contributed by atoms with Crippen molar-refractivity contribution in [1.29, 1.82) is 0 Å². The van der Waals surface area contributed by atoms with Crippen LogP contribution in [0.15, 0.2) is 72.1 Å². The maximum absolute atomic E-state index is 14.9. The molecule has 0 spiro atoms. The van der Waals surface area contributed by atoms with E-state index in [0.29, 0.717) is 46.1 Å². The van der Waals surface area contributed by atoms with Gasteiger partial charge in [-0.15, -0.1) is 11.3 Å². The van der Waals surface area contributed by atoms with Gasteiger partial charge in [-0.05, 0) is 42.0 Å². The number of hydrogen-bond donors (Lipinski definition) is 1. The van der Waals surface area contributed by atoms with Crippen LogP contribution in [-0.4, -0.2) is 42.0 Å². The van der Waals surface area contributed by atoms with E-state index in [2.05, 4.69) is 5.32 Å². The molecular formula is C27H23Cl2FN4OS. The molecule has 5 rings (SSSR count). The van der Waals surface area contributed by atoms with Gasteiger partial charge in [0.1, 0.15) is 5.82 Å². The second-order valence-electron chi connectivity index (χ2n) is 8.42.